The number of alkyl halides is 4. The Morgan fingerprint density at radius 1 is 1.05 bits per heavy atom. The molecule has 0 spiro atoms. The lowest BCUT2D eigenvalue weighted by Gasteiger charge is -2.41. The first-order valence-electron chi connectivity index (χ1n) is 15.4. The fraction of sp³-hybridized carbons (Fsp3) is 0.531. The maximum Gasteiger partial charge on any atom is 0.433 e. The summed E-state index contributed by atoms with van der Waals surface area (Å²) in [5, 5.41) is 1.67. The smallest absolute Gasteiger partial charge is 0.433 e. The van der Waals surface area contributed by atoms with Crippen LogP contribution in [0.5, 0.6) is 0 Å². The molecule has 238 valence electrons. The largest absolute Gasteiger partial charge is 0.463 e. The van der Waals surface area contributed by atoms with Crippen LogP contribution in [-0.2, 0) is 9.53 Å². The third-order valence-electron chi connectivity index (χ3n) is 9.05. The predicted molar refractivity (Wildman–Crippen MR) is 163 cm³/mol. The molecule has 1 N–H and O–H groups in total. The van der Waals surface area contributed by atoms with Gasteiger partial charge in [0.05, 0.1) is 18.2 Å². The average molecular weight is 636 g/mol. The van der Waals surface area contributed by atoms with Gasteiger partial charge in [0.1, 0.15) is 11.9 Å². The predicted octanol–water partition coefficient (Wildman–Crippen LogP) is 5.66. The molecule has 3 atom stereocenters. The molecule has 1 unspecified atom stereocenters. The highest BCUT2D eigenvalue weighted by atomic mass is 35.5. The number of anilines is 2. The molecule has 6 rings (SSSR count). The summed E-state index contributed by atoms with van der Waals surface area (Å²) in [4.78, 5) is 19.1. The molecule has 3 heterocycles. The molecule has 2 aromatic rings. The van der Waals surface area contributed by atoms with Gasteiger partial charge in [-0.2, -0.15) is 13.2 Å². The van der Waals surface area contributed by atoms with Gasteiger partial charge in [0.25, 0.3) is 0 Å². The number of piperidine rings is 1. The van der Waals surface area contributed by atoms with Crippen LogP contribution in [0.25, 0.3) is 11.1 Å². The van der Waals surface area contributed by atoms with Gasteiger partial charge in [0.15, 0.2) is 0 Å². The minimum atomic E-state index is -4.71. The second-order valence-corrected chi connectivity index (χ2v) is 12.4. The number of hydrogen-bond donors (Lipinski definition) is 1. The number of carbonyl (C=O) groups excluding carboxylic acids is 1. The zero-order chi connectivity index (χ0) is 31.0. The van der Waals surface area contributed by atoms with Gasteiger partial charge in [0, 0.05) is 80.2 Å². The Balaban J connectivity index is 1.18. The summed E-state index contributed by atoms with van der Waals surface area (Å²) in [7, 11) is 0. The minimum Gasteiger partial charge on any atom is -0.463 e. The summed E-state index contributed by atoms with van der Waals surface area (Å²) in [6.45, 7) is 6.79. The molecule has 3 fully saturated rings. The number of ether oxygens (including phenoxy) is 1. The molecular weight excluding hydrogens is 598 g/mol. The maximum atomic E-state index is 14.2. The zero-order valence-corrected chi connectivity index (χ0v) is 25.5. The minimum absolute atomic E-state index is 0.00216. The summed E-state index contributed by atoms with van der Waals surface area (Å²) in [6.07, 6.45) is -3.43. The Morgan fingerprint density at radius 3 is 2.43 bits per heavy atom. The van der Waals surface area contributed by atoms with Gasteiger partial charge in [-0.1, -0.05) is 29.8 Å². The fourth-order valence-corrected chi connectivity index (χ4v) is 6.81. The van der Waals surface area contributed by atoms with Gasteiger partial charge in [-0.25, -0.2) is 14.6 Å². The van der Waals surface area contributed by atoms with E-state index in [-0.39, 0.29) is 19.1 Å². The average Bonchev–Trinajstić information content (AvgIpc) is 3.50. The van der Waals surface area contributed by atoms with Gasteiger partial charge in [-0.05, 0) is 56.0 Å². The number of nitrogens with zero attached hydrogens (tertiary/aromatic N) is 4. The van der Waals surface area contributed by atoms with Crippen molar-refractivity contribution < 1.29 is 27.1 Å². The number of hydrogen-bond acceptors (Lipinski definition) is 7. The first kappa shape index (κ1) is 31.0. The van der Waals surface area contributed by atoms with Crippen molar-refractivity contribution >= 4 is 28.9 Å². The molecule has 12 heteroatoms. The maximum absolute atomic E-state index is 14.2. The molecular formula is C32H38ClF4N5O2. The Kier molecular flexibility index (Phi) is 8.99. The number of piperazine rings is 1. The number of halogens is 5. The zero-order valence-electron chi connectivity index (χ0n) is 24.8. The first-order chi connectivity index (χ1) is 21.1. The van der Waals surface area contributed by atoms with Crippen LogP contribution in [0.1, 0.15) is 26.2 Å². The molecule has 2 aromatic carbocycles. The van der Waals surface area contributed by atoms with E-state index in [0.717, 1.165) is 60.2 Å². The first-order valence-corrected chi connectivity index (χ1v) is 15.8. The summed E-state index contributed by atoms with van der Waals surface area (Å²) >= 11 is 6.45. The summed E-state index contributed by atoms with van der Waals surface area (Å²) < 4.78 is 60.9. The van der Waals surface area contributed by atoms with E-state index in [9.17, 15) is 22.4 Å². The number of hydrazine groups is 1. The van der Waals surface area contributed by atoms with E-state index < -0.39 is 35.6 Å². The Hall–Kier alpha value is -3.02. The molecule has 4 aliphatic rings. The van der Waals surface area contributed by atoms with E-state index in [4.69, 9.17) is 16.3 Å². The molecule has 0 radical (unpaired) electrons. The van der Waals surface area contributed by atoms with Crippen molar-refractivity contribution in [2.24, 2.45) is 5.92 Å². The highest BCUT2D eigenvalue weighted by molar-refractivity contribution is 6.31. The second-order valence-electron chi connectivity index (χ2n) is 12.0. The SMILES string of the molecule is CCOC(=O)C1=C(C(F)(F)F)N(C2CCCN(c3cc(Cl)ccc3-c3ccc(N4CCN(C[C@@H]5C[C@@H]5F)CC4)cc3)C2)NC1. The molecule has 0 bridgehead atoms. The normalized spacial score (nSPS) is 24.7. The fourth-order valence-electron chi connectivity index (χ4n) is 6.65. The van der Waals surface area contributed by atoms with Crippen LogP contribution in [-0.4, -0.2) is 93.2 Å². The van der Waals surface area contributed by atoms with Crippen molar-refractivity contribution in [1.82, 2.24) is 15.3 Å². The van der Waals surface area contributed by atoms with Crippen molar-refractivity contribution in [3.05, 3.63) is 58.8 Å². The van der Waals surface area contributed by atoms with Gasteiger partial charge in [-0.3, -0.25) is 9.91 Å². The number of rotatable bonds is 8. The number of nitrogens with one attached hydrogen (secondary N) is 1. The number of benzene rings is 2. The Bertz CT molecular complexity index is 1380. The van der Waals surface area contributed by atoms with E-state index in [1.54, 1.807) is 6.92 Å². The molecule has 3 aliphatic heterocycles. The quantitative estimate of drug-likeness (QED) is 0.297. The Morgan fingerprint density at radius 2 is 1.77 bits per heavy atom. The van der Waals surface area contributed by atoms with Crippen LogP contribution in [0.15, 0.2) is 53.7 Å². The van der Waals surface area contributed by atoms with Crippen LogP contribution < -0.4 is 15.2 Å². The van der Waals surface area contributed by atoms with E-state index in [1.807, 2.05) is 18.2 Å². The molecule has 0 amide bonds. The molecule has 7 nitrogen and oxygen atoms in total. The molecule has 1 aliphatic carbocycles. The highest BCUT2D eigenvalue weighted by Crippen LogP contribution is 2.40. The lowest BCUT2D eigenvalue weighted by molar-refractivity contribution is -0.140. The van der Waals surface area contributed by atoms with Crippen LogP contribution in [0.4, 0.5) is 28.9 Å². The number of esters is 1. The van der Waals surface area contributed by atoms with Gasteiger partial charge in [0.2, 0.25) is 0 Å². The van der Waals surface area contributed by atoms with Crippen LogP contribution >= 0.6 is 11.6 Å². The molecule has 1 saturated carbocycles. The van der Waals surface area contributed by atoms with E-state index in [0.29, 0.717) is 37.4 Å². The van der Waals surface area contributed by atoms with E-state index in [1.165, 1.54) is 0 Å². The van der Waals surface area contributed by atoms with Crippen molar-refractivity contribution in [3.63, 3.8) is 0 Å². The standard InChI is InChI=1S/C32H38ClF4N5O2/c1-2-44-31(43)27-18-38-42(30(27)32(35,36)37)25-4-3-11-41(20-25)29-17-23(33)7-10-26(29)21-5-8-24(9-6-21)40-14-12-39(13-15-40)19-22-16-28(22)34/h5-10,17,22,25,28,38H,2-4,11-16,18-20H2,1H3/t22-,25?,28-/m0/s1. The summed E-state index contributed by atoms with van der Waals surface area (Å²) in [5.41, 5.74) is 5.38. The van der Waals surface area contributed by atoms with E-state index in [2.05, 4.69) is 44.4 Å². The number of allylic oxidation sites excluding steroid dienone is 1. The van der Waals surface area contributed by atoms with Crippen LogP contribution in [0, 0.1) is 5.92 Å². The van der Waals surface area contributed by atoms with Gasteiger partial charge in [-0.15, -0.1) is 0 Å². The van der Waals surface area contributed by atoms with Gasteiger partial charge < -0.3 is 14.5 Å². The summed E-state index contributed by atoms with van der Waals surface area (Å²) in [6, 6.07) is 13.5. The van der Waals surface area contributed by atoms with Crippen LogP contribution in [0.2, 0.25) is 5.02 Å². The Labute approximate surface area is 260 Å². The second kappa shape index (κ2) is 12.8. The van der Waals surface area contributed by atoms with Crippen molar-refractivity contribution in [1.29, 1.82) is 0 Å². The molecule has 2 saturated heterocycles. The lowest BCUT2D eigenvalue weighted by atomic mass is 9.98. The van der Waals surface area contributed by atoms with Crippen molar-refractivity contribution in [3.8, 4) is 11.1 Å². The van der Waals surface area contributed by atoms with Gasteiger partial charge >= 0.3 is 12.1 Å². The van der Waals surface area contributed by atoms with Crippen molar-refractivity contribution in [2.45, 2.75) is 44.6 Å². The third-order valence-corrected chi connectivity index (χ3v) is 9.29. The third kappa shape index (κ3) is 6.65. The van der Waals surface area contributed by atoms with E-state index >= 15 is 0 Å². The van der Waals surface area contributed by atoms with Crippen LogP contribution in [0.3, 0.4) is 0 Å². The molecule has 44 heavy (non-hydrogen) atoms. The number of carbonyl (C=O) groups is 1. The lowest BCUT2D eigenvalue weighted by Crippen LogP contribution is -2.52. The monoisotopic (exact) mass is 635 g/mol. The topological polar surface area (TPSA) is 51.3 Å². The summed E-state index contributed by atoms with van der Waals surface area (Å²) in [5.74, 6) is -0.737. The highest BCUT2D eigenvalue weighted by Gasteiger charge is 2.48. The molecule has 0 aromatic heterocycles. The van der Waals surface area contributed by atoms with Crippen molar-refractivity contribution in [2.75, 3.05) is 68.8 Å².